The Morgan fingerprint density at radius 1 is 1.05 bits per heavy atom. The average molecular weight is 286 g/mol. The molecule has 4 heteroatoms. The Kier molecular flexibility index (Phi) is 5.93. The van der Waals surface area contributed by atoms with Crippen LogP contribution < -0.4 is 34.7 Å². The summed E-state index contributed by atoms with van der Waals surface area (Å²) in [6, 6.07) is 1.91. The van der Waals surface area contributed by atoms with Crippen LogP contribution in [0.1, 0.15) is 68.6 Å². The Labute approximate surface area is 143 Å². The topological polar surface area (TPSA) is 60.4 Å². The fourth-order valence-electron chi connectivity index (χ4n) is 2.37. The molecule has 0 aliphatic rings. The summed E-state index contributed by atoms with van der Waals surface area (Å²) in [6.45, 7) is 13.6. The van der Waals surface area contributed by atoms with E-state index in [2.05, 4.69) is 0 Å². The van der Waals surface area contributed by atoms with Crippen molar-refractivity contribution in [2.45, 2.75) is 59.3 Å². The van der Waals surface area contributed by atoms with E-state index in [0.717, 1.165) is 5.56 Å². The van der Waals surface area contributed by atoms with Gasteiger partial charge < -0.3 is 15.0 Å². The van der Waals surface area contributed by atoms with Gasteiger partial charge in [0.15, 0.2) is 0 Å². The third-order valence-electron chi connectivity index (χ3n) is 3.38. The Hall–Kier alpha value is -0.510. The van der Waals surface area contributed by atoms with Crippen LogP contribution in [0, 0.1) is 6.92 Å². The zero-order valence-corrected chi connectivity index (χ0v) is 15.8. The van der Waals surface area contributed by atoms with Crippen LogP contribution >= 0.6 is 0 Å². The van der Waals surface area contributed by atoms with Crippen molar-refractivity contribution in [3.8, 4) is 5.75 Å². The summed E-state index contributed by atoms with van der Waals surface area (Å²) in [5.41, 5.74) is 1.54. The number of hydrogen-bond acceptors (Lipinski definition) is 3. The van der Waals surface area contributed by atoms with Crippen molar-refractivity contribution in [1.82, 2.24) is 0 Å². The van der Waals surface area contributed by atoms with Gasteiger partial charge in [-0.3, -0.25) is 0 Å². The molecule has 0 fully saturated rings. The van der Waals surface area contributed by atoms with E-state index in [4.69, 9.17) is 0 Å². The van der Waals surface area contributed by atoms with Crippen LogP contribution in [0.4, 0.5) is 0 Å². The molecule has 0 radical (unpaired) electrons. The molecule has 1 aromatic carbocycles. The number of aromatic hydroxyl groups is 1. The molecule has 0 heterocycles. The Bertz CT molecular complexity index is 482. The van der Waals surface area contributed by atoms with Gasteiger partial charge in [0.1, 0.15) is 5.75 Å². The number of aromatic carboxylic acids is 1. The van der Waals surface area contributed by atoms with Crippen LogP contribution in [-0.2, 0) is 10.8 Å². The Balaban J connectivity index is 0.00000361. The maximum Gasteiger partial charge on any atom is 1.00 e. The zero-order valence-electron chi connectivity index (χ0n) is 13.8. The molecular formula is C16H23NaO3. The number of carbonyl (C=O) groups excluding carboxylic acids is 1. The van der Waals surface area contributed by atoms with Gasteiger partial charge in [0.25, 0.3) is 0 Å². The molecule has 0 atom stereocenters. The van der Waals surface area contributed by atoms with E-state index in [1.165, 1.54) is 0 Å². The first-order valence-corrected chi connectivity index (χ1v) is 6.46. The van der Waals surface area contributed by atoms with Crippen LogP contribution in [0.2, 0.25) is 0 Å². The summed E-state index contributed by atoms with van der Waals surface area (Å²) >= 11 is 0. The third kappa shape index (κ3) is 3.78. The van der Waals surface area contributed by atoms with E-state index in [-0.39, 0.29) is 51.7 Å². The van der Waals surface area contributed by atoms with Crippen molar-refractivity contribution in [3.05, 3.63) is 28.3 Å². The third-order valence-corrected chi connectivity index (χ3v) is 3.38. The van der Waals surface area contributed by atoms with Crippen molar-refractivity contribution in [3.63, 3.8) is 0 Å². The number of hydrogen-bond donors (Lipinski definition) is 1. The van der Waals surface area contributed by atoms with E-state index in [1.807, 2.05) is 47.6 Å². The molecular weight excluding hydrogens is 263 g/mol. The second-order valence-corrected chi connectivity index (χ2v) is 7.11. The van der Waals surface area contributed by atoms with Gasteiger partial charge in [-0.05, 0) is 28.9 Å². The molecule has 0 saturated heterocycles. The van der Waals surface area contributed by atoms with Crippen LogP contribution in [0.25, 0.3) is 0 Å². The molecule has 3 nitrogen and oxygen atoms in total. The second-order valence-electron chi connectivity index (χ2n) is 7.11. The van der Waals surface area contributed by atoms with Gasteiger partial charge in [0, 0.05) is 11.1 Å². The minimum atomic E-state index is -1.33. The summed E-state index contributed by atoms with van der Waals surface area (Å²) in [6.07, 6.45) is 0. The van der Waals surface area contributed by atoms with E-state index >= 15 is 0 Å². The summed E-state index contributed by atoms with van der Waals surface area (Å²) in [7, 11) is 0. The molecule has 0 aromatic heterocycles. The van der Waals surface area contributed by atoms with Crippen molar-refractivity contribution >= 4 is 5.97 Å². The smallest absolute Gasteiger partial charge is 0.545 e. The predicted molar refractivity (Wildman–Crippen MR) is 74.6 cm³/mol. The SMILES string of the molecule is Cc1c(C(C)(C)C)cc(C(C)(C)C)c(O)c1C(=O)[O-].[Na+]. The number of phenols is 1. The molecule has 106 valence electrons. The van der Waals surface area contributed by atoms with Crippen LogP contribution in [0.5, 0.6) is 5.75 Å². The molecule has 0 aliphatic carbocycles. The van der Waals surface area contributed by atoms with Crippen LogP contribution in [0.3, 0.4) is 0 Å². The summed E-state index contributed by atoms with van der Waals surface area (Å²) in [5.74, 6) is -1.50. The minimum absolute atomic E-state index is 0. The predicted octanol–water partition coefficient (Wildman–Crippen LogP) is -0.337. The van der Waals surface area contributed by atoms with Gasteiger partial charge in [-0.15, -0.1) is 0 Å². The Morgan fingerprint density at radius 3 is 1.75 bits per heavy atom. The van der Waals surface area contributed by atoms with E-state index in [1.54, 1.807) is 6.92 Å². The molecule has 0 aliphatic heterocycles. The minimum Gasteiger partial charge on any atom is -0.545 e. The van der Waals surface area contributed by atoms with Gasteiger partial charge in [0.2, 0.25) is 0 Å². The number of benzene rings is 1. The summed E-state index contributed by atoms with van der Waals surface area (Å²) in [4.78, 5) is 11.3. The first-order chi connectivity index (χ1) is 8.37. The van der Waals surface area contributed by atoms with Gasteiger partial charge in [-0.1, -0.05) is 47.6 Å². The maximum absolute atomic E-state index is 11.3. The standard InChI is InChI=1S/C16H24O3.Na/c1-9-10(15(2,3)4)8-11(16(5,6)7)13(17)12(9)14(18)19;/h8,17H,1-7H3,(H,18,19);/q;+1/p-1. The fourth-order valence-corrected chi connectivity index (χ4v) is 2.37. The maximum atomic E-state index is 11.3. The first-order valence-electron chi connectivity index (χ1n) is 6.46. The van der Waals surface area contributed by atoms with Gasteiger partial charge >= 0.3 is 29.6 Å². The number of carbonyl (C=O) groups is 1. The molecule has 0 unspecified atom stereocenters. The second kappa shape index (κ2) is 6.08. The quantitative estimate of drug-likeness (QED) is 0.719. The fraction of sp³-hybridized carbons (Fsp3) is 0.562. The Morgan fingerprint density at radius 2 is 1.45 bits per heavy atom. The zero-order chi connectivity index (χ0) is 15.2. The van der Waals surface area contributed by atoms with Gasteiger partial charge in [-0.2, -0.15) is 0 Å². The molecule has 1 aromatic rings. The summed E-state index contributed by atoms with van der Waals surface area (Å²) in [5, 5.41) is 21.6. The molecule has 0 saturated carbocycles. The molecule has 0 amide bonds. The van der Waals surface area contributed by atoms with Crippen molar-refractivity contribution in [1.29, 1.82) is 0 Å². The first kappa shape index (κ1) is 19.5. The van der Waals surface area contributed by atoms with Crippen LogP contribution in [0.15, 0.2) is 6.07 Å². The van der Waals surface area contributed by atoms with Crippen LogP contribution in [-0.4, -0.2) is 11.1 Å². The molecule has 20 heavy (non-hydrogen) atoms. The number of rotatable bonds is 1. The molecule has 0 spiro atoms. The van der Waals surface area contributed by atoms with E-state index in [0.29, 0.717) is 11.1 Å². The average Bonchev–Trinajstić information content (AvgIpc) is 2.12. The van der Waals surface area contributed by atoms with E-state index in [9.17, 15) is 15.0 Å². The van der Waals surface area contributed by atoms with Crippen molar-refractivity contribution in [2.24, 2.45) is 0 Å². The molecule has 1 N–H and O–H groups in total. The van der Waals surface area contributed by atoms with Gasteiger partial charge in [0.05, 0.1) is 5.97 Å². The number of carboxylic acids is 1. The monoisotopic (exact) mass is 286 g/mol. The van der Waals surface area contributed by atoms with Crippen molar-refractivity contribution in [2.75, 3.05) is 0 Å². The number of carboxylic acid groups (broad SMARTS) is 1. The molecule has 0 bridgehead atoms. The molecule has 1 rings (SSSR count). The largest absolute Gasteiger partial charge is 1.00 e. The van der Waals surface area contributed by atoms with Crippen molar-refractivity contribution < 1.29 is 44.6 Å². The van der Waals surface area contributed by atoms with Gasteiger partial charge in [-0.25, -0.2) is 0 Å². The van der Waals surface area contributed by atoms with E-state index < -0.39 is 5.97 Å². The normalized spacial score (nSPS) is 11.9. The summed E-state index contributed by atoms with van der Waals surface area (Å²) < 4.78 is 0.